The van der Waals surface area contributed by atoms with E-state index in [4.69, 9.17) is 13.3 Å². The Hall–Kier alpha value is 0.0569. The molecule has 0 saturated carbocycles. The maximum atomic E-state index is 10.1. The summed E-state index contributed by atoms with van der Waals surface area (Å²) in [7, 11) is 1.76. The molecule has 1 atom stereocenters. The highest BCUT2D eigenvalue weighted by atomic mass is 28.4. The van der Waals surface area contributed by atoms with Gasteiger partial charge in [-0.2, -0.15) is 0 Å². The summed E-state index contributed by atoms with van der Waals surface area (Å²) in [5.41, 5.74) is -0.618. The molecule has 4 nitrogen and oxygen atoms in total. The largest absolute Gasteiger partial charge is 0.530 e. The molecule has 19 heavy (non-hydrogen) atoms. The average Bonchev–Trinajstić information content (AvgIpc) is 2.44. The molecule has 0 rings (SSSR count). The van der Waals surface area contributed by atoms with E-state index in [0.29, 0.717) is 6.42 Å². The van der Waals surface area contributed by atoms with E-state index >= 15 is 0 Å². The van der Waals surface area contributed by atoms with Crippen molar-refractivity contribution < 1.29 is 18.4 Å². The lowest BCUT2D eigenvalue weighted by atomic mass is 10.1. The van der Waals surface area contributed by atoms with Crippen LogP contribution in [0, 0.1) is 0 Å². The fourth-order valence-electron chi connectivity index (χ4n) is 2.31. The van der Waals surface area contributed by atoms with Crippen LogP contribution in [0.4, 0.5) is 0 Å². The molecule has 0 bridgehead atoms. The summed E-state index contributed by atoms with van der Waals surface area (Å²) in [5.74, 6) is 0. The Morgan fingerprint density at radius 3 is 1.63 bits per heavy atom. The van der Waals surface area contributed by atoms with Crippen molar-refractivity contribution in [3.05, 3.63) is 0 Å². The van der Waals surface area contributed by atoms with E-state index in [9.17, 15) is 5.11 Å². The molecule has 1 unspecified atom stereocenters. The molecule has 0 radical (unpaired) electrons. The predicted octanol–water partition coefficient (Wildman–Crippen LogP) is 3.30. The Kier molecular flexibility index (Phi) is 11.9. The highest BCUT2D eigenvalue weighted by Crippen LogP contribution is 2.18. The molecule has 0 aromatic carbocycles. The Morgan fingerprint density at radius 2 is 1.21 bits per heavy atom. The Labute approximate surface area is 119 Å². The normalized spacial score (nSPS) is 13.7. The third-order valence-electron chi connectivity index (χ3n) is 3.59. The lowest BCUT2D eigenvalue weighted by Gasteiger charge is -2.28. The van der Waals surface area contributed by atoms with E-state index in [2.05, 4.69) is 6.92 Å². The summed E-state index contributed by atoms with van der Waals surface area (Å²) in [4.78, 5) is 0. The molecule has 0 aliphatic rings. The maximum absolute atomic E-state index is 10.1. The lowest BCUT2D eigenvalue weighted by Crippen LogP contribution is -2.54. The predicted molar refractivity (Wildman–Crippen MR) is 80.0 cm³/mol. The number of unbranched alkanes of at least 4 members (excludes halogenated alkanes) is 7. The van der Waals surface area contributed by atoms with E-state index in [1.54, 1.807) is 0 Å². The molecule has 0 amide bonds. The Morgan fingerprint density at radius 1 is 0.789 bits per heavy atom. The third kappa shape index (κ3) is 7.42. The Balaban J connectivity index is 3.64. The van der Waals surface area contributed by atoms with Gasteiger partial charge in [-0.15, -0.1) is 0 Å². The summed E-state index contributed by atoms with van der Waals surface area (Å²) in [6, 6.07) is 0. The van der Waals surface area contributed by atoms with Gasteiger partial charge in [-0.05, 0) is 6.42 Å². The van der Waals surface area contributed by atoms with Crippen molar-refractivity contribution in [1.82, 2.24) is 0 Å². The van der Waals surface area contributed by atoms with Crippen LogP contribution in [0.25, 0.3) is 0 Å². The molecule has 0 aliphatic carbocycles. The zero-order valence-electron chi connectivity index (χ0n) is 13.1. The summed E-state index contributed by atoms with van der Waals surface area (Å²) < 4.78 is 15.8. The molecule has 116 valence electrons. The second-order valence-electron chi connectivity index (χ2n) is 5.00. The fourth-order valence-corrected chi connectivity index (χ4v) is 4.18. The smallest absolute Gasteiger partial charge is 0.389 e. The summed E-state index contributed by atoms with van der Waals surface area (Å²) in [6.45, 7) is 2.24. The highest BCUT2D eigenvalue weighted by Gasteiger charge is 2.46. The summed E-state index contributed by atoms with van der Waals surface area (Å²) in [5, 5.41) is 10.1. The molecular weight excluding hydrogens is 260 g/mol. The molecule has 0 aliphatic heterocycles. The highest BCUT2D eigenvalue weighted by molar-refractivity contribution is 6.61. The first kappa shape index (κ1) is 19.1. The second-order valence-corrected chi connectivity index (χ2v) is 8.09. The number of hydrogen-bond donors (Lipinski definition) is 1. The van der Waals surface area contributed by atoms with Crippen molar-refractivity contribution in [3.8, 4) is 0 Å². The van der Waals surface area contributed by atoms with Crippen molar-refractivity contribution >= 4 is 8.80 Å². The first-order chi connectivity index (χ1) is 9.16. The van der Waals surface area contributed by atoms with E-state index in [-0.39, 0.29) is 0 Å². The average molecular weight is 292 g/mol. The zero-order chi connectivity index (χ0) is 14.6. The van der Waals surface area contributed by atoms with Crippen LogP contribution in [0.1, 0.15) is 64.7 Å². The Bertz CT molecular complexity index is 190. The molecule has 0 aromatic heterocycles. The van der Waals surface area contributed by atoms with Gasteiger partial charge in [-0.1, -0.05) is 58.3 Å². The van der Waals surface area contributed by atoms with Crippen LogP contribution in [0.3, 0.4) is 0 Å². The van der Waals surface area contributed by atoms with Crippen molar-refractivity contribution in [2.75, 3.05) is 21.3 Å². The topological polar surface area (TPSA) is 47.9 Å². The van der Waals surface area contributed by atoms with Crippen LogP contribution < -0.4 is 0 Å². The molecule has 0 saturated heterocycles. The van der Waals surface area contributed by atoms with Gasteiger partial charge in [-0.25, -0.2) is 0 Å². The van der Waals surface area contributed by atoms with Crippen molar-refractivity contribution in [3.63, 3.8) is 0 Å². The van der Waals surface area contributed by atoms with Crippen LogP contribution in [0.5, 0.6) is 0 Å². The van der Waals surface area contributed by atoms with Crippen LogP contribution >= 0.6 is 0 Å². The quantitative estimate of drug-likeness (QED) is 0.418. The van der Waals surface area contributed by atoms with Gasteiger partial charge in [0.2, 0.25) is 0 Å². The van der Waals surface area contributed by atoms with Crippen LogP contribution in [-0.4, -0.2) is 41.0 Å². The molecule has 0 heterocycles. The van der Waals surface area contributed by atoms with Gasteiger partial charge in [0, 0.05) is 21.3 Å². The molecular formula is C14H32O4Si. The van der Waals surface area contributed by atoms with Crippen LogP contribution in [0.15, 0.2) is 0 Å². The van der Waals surface area contributed by atoms with Crippen LogP contribution in [0.2, 0.25) is 0 Å². The third-order valence-corrected chi connectivity index (χ3v) is 6.40. The van der Waals surface area contributed by atoms with Gasteiger partial charge in [0.05, 0.1) is 0 Å². The molecule has 0 spiro atoms. The summed E-state index contributed by atoms with van der Waals surface area (Å²) >= 11 is 0. The number of aliphatic hydroxyl groups is 1. The number of rotatable bonds is 13. The first-order valence-corrected chi connectivity index (χ1v) is 9.30. The lowest BCUT2D eigenvalue weighted by molar-refractivity contribution is 0.0544. The van der Waals surface area contributed by atoms with Gasteiger partial charge >= 0.3 is 8.80 Å². The van der Waals surface area contributed by atoms with Gasteiger partial charge < -0.3 is 18.4 Å². The van der Waals surface area contributed by atoms with Crippen molar-refractivity contribution in [2.24, 2.45) is 0 Å². The first-order valence-electron chi connectivity index (χ1n) is 7.50. The molecule has 0 aromatic rings. The van der Waals surface area contributed by atoms with Crippen molar-refractivity contribution in [1.29, 1.82) is 0 Å². The standard InChI is InChI=1S/C14H32O4Si/c1-5-6-7-8-9-10-11-12-13-14(15)19(16-2,17-3)18-4/h14-15H,5-13H2,1-4H3. The van der Waals surface area contributed by atoms with Gasteiger partial charge in [0.1, 0.15) is 5.73 Å². The monoisotopic (exact) mass is 292 g/mol. The van der Waals surface area contributed by atoms with Crippen LogP contribution in [-0.2, 0) is 13.3 Å². The van der Waals surface area contributed by atoms with Gasteiger partial charge in [0.15, 0.2) is 0 Å². The number of hydrogen-bond acceptors (Lipinski definition) is 4. The second kappa shape index (κ2) is 11.8. The van der Waals surface area contributed by atoms with E-state index < -0.39 is 14.5 Å². The summed E-state index contributed by atoms with van der Waals surface area (Å²) in [6.07, 6.45) is 10.7. The van der Waals surface area contributed by atoms with E-state index in [1.807, 2.05) is 0 Å². The van der Waals surface area contributed by atoms with Crippen molar-refractivity contribution in [2.45, 2.75) is 70.4 Å². The molecule has 5 heteroatoms. The minimum Gasteiger partial charge on any atom is -0.389 e. The number of aliphatic hydroxyl groups excluding tert-OH is 1. The minimum atomic E-state index is -2.85. The van der Waals surface area contributed by atoms with E-state index in [1.165, 1.54) is 59.9 Å². The minimum absolute atomic E-state index is 0.618. The van der Waals surface area contributed by atoms with Gasteiger partial charge in [0.25, 0.3) is 0 Å². The fraction of sp³-hybridized carbons (Fsp3) is 1.00. The molecule has 0 fully saturated rings. The van der Waals surface area contributed by atoms with Gasteiger partial charge in [-0.3, -0.25) is 0 Å². The SMILES string of the molecule is CCCCCCCCCCC(O)[Si](OC)(OC)OC. The zero-order valence-corrected chi connectivity index (χ0v) is 14.1. The maximum Gasteiger partial charge on any atom is 0.530 e. The molecule has 1 N–H and O–H groups in total. The van der Waals surface area contributed by atoms with E-state index in [0.717, 1.165) is 12.8 Å².